The molecule has 0 bridgehead atoms. The van der Waals surface area contributed by atoms with E-state index >= 15 is 0 Å². The van der Waals surface area contributed by atoms with Crippen molar-refractivity contribution in [1.82, 2.24) is 10.1 Å². The molecule has 5 nitrogen and oxygen atoms in total. The van der Waals surface area contributed by atoms with Crippen LogP contribution in [0.2, 0.25) is 0 Å². The Bertz CT molecular complexity index is 454. The molecule has 1 aromatic heterocycles. The molecule has 0 aliphatic heterocycles. The minimum Gasteiger partial charge on any atom is -0.369 e. The fourth-order valence-electron chi connectivity index (χ4n) is 1.35. The van der Waals surface area contributed by atoms with Gasteiger partial charge in [0.15, 0.2) is 5.82 Å². The topological polar surface area (TPSA) is 74.2 Å². The summed E-state index contributed by atoms with van der Waals surface area (Å²) in [5.74, 6) is 0.955. The SMILES string of the molecule is C[C@@H](N)c1nc(COCc2ccccc2)no1. The van der Waals surface area contributed by atoms with Crippen LogP contribution in [0, 0.1) is 0 Å². The Hall–Kier alpha value is -1.72. The first kappa shape index (κ1) is 11.8. The summed E-state index contributed by atoms with van der Waals surface area (Å²) in [6.45, 7) is 2.65. The van der Waals surface area contributed by atoms with Crippen LogP contribution in [-0.2, 0) is 18.0 Å². The fraction of sp³-hybridized carbons (Fsp3) is 0.333. The predicted molar refractivity (Wildman–Crippen MR) is 61.8 cm³/mol. The van der Waals surface area contributed by atoms with Crippen molar-refractivity contribution in [3.05, 3.63) is 47.6 Å². The van der Waals surface area contributed by atoms with Crippen molar-refractivity contribution < 1.29 is 9.26 Å². The van der Waals surface area contributed by atoms with Gasteiger partial charge in [-0.15, -0.1) is 0 Å². The van der Waals surface area contributed by atoms with Crippen LogP contribution in [0.4, 0.5) is 0 Å². The number of ether oxygens (including phenoxy) is 1. The number of rotatable bonds is 5. The van der Waals surface area contributed by atoms with Gasteiger partial charge >= 0.3 is 0 Å². The summed E-state index contributed by atoms with van der Waals surface area (Å²) in [5, 5.41) is 3.78. The van der Waals surface area contributed by atoms with Crippen LogP contribution < -0.4 is 5.73 Å². The Morgan fingerprint density at radius 2 is 2.06 bits per heavy atom. The summed E-state index contributed by atoms with van der Waals surface area (Å²) in [7, 11) is 0. The highest BCUT2D eigenvalue weighted by Gasteiger charge is 2.09. The van der Waals surface area contributed by atoms with Crippen molar-refractivity contribution in [2.24, 2.45) is 5.73 Å². The molecular weight excluding hydrogens is 218 g/mol. The van der Waals surface area contributed by atoms with Gasteiger partial charge in [-0.2, -0.15) is 4.98 Å². The Labute approximate surface area is 99.6 Å². The summed E-state index contributed by atoms with van der Waals surface area (Å²) in [6, 6.07) is 9.68. The Kier molecular flexibility index (Phi) is 3.85. The van der Waals surface area contributed by atoms with Gasteiger partial charge in [0.1, 0.15) is 6.61 Å². The second-order valence-corrected chi connectivity index (χ2v) is 3.82. The maximum Gasteiger partial charge on any atom is 0.243 e. The number of nitrogens with zero attached hydrogens (tertiary/aromatic N) is 2. The van der Waals surface area contributed by atoms with E-state index in [-0.39, 0.29) is 6.04 Å². The fourth-order valence-corrected chi connectivity index (χ4v) is 1.35. The van der Waals surface area contributed by atoms with E-state index in [9.17, 15) is 0 Å². The van der Waals surface area contributed by atoms with Crippen LogP contribution in [0.3, 0.4) is 0 Å². The molecule has 90 valence electrons. The highest BCUT2D eigenvalue weighted by atomic mass is 16.5. The first-order chi connectivity index (χ1) is 8.25. The molecule has 0 unspecified atom stereocenters. The molecule has 0 saturated carbocycles. The molecule has 0 amide bonds. The third kappa shape index (κ3) is 3.37. The van der Waals surface area contributed by atoms with Crippen LogP contribution in [-0.4, -0.2) is 10.1 Å². The first-order valence-corrected chi connectivity index (χ1v) is 5.45. The lowest BCUT2D eigenvalue weighted by molar-refractivity contribution is 0.0999. The largest absolute Gasteiger partial charge is 0.369 e. The Morgan fingerprint density at radius 1 is 1.29 bits per heavy atom. The van der Waals surface area contributed by atoms with E-state index in [0.29, 0.717) is 24.9 Å². The van der Waals surface area contributed by atoms with Crippen molar-refractivity contribution in [2.45, 2.75) is 26.2 Å². The van der Waals surface area contributed by atoms with Crippen LogP contribution in [0.15, 0.2) is 34.9 Å². The van der Waals surface area contributed by atoms with Crippen molar-refractivity contribution in [3.8, 4) is 0 Å². The van der Waals surface area contributed by atoms with E-state index in [1.807, 2.05) is 30.3 Å². The molecular formula is C12H15N3O2. The van der Waals surface area contributed by atoms with Gasteiger partial charge in [0.25, 0.3) is 0 Å². The van der Waals surface area contributed by atoms with Gasteiger partial charge in [0, 0.05) is 0 Å². The molecule has 0 aliphatic rings. The van der Waals surface area contributed by atoms with Crippen LogP contribution in [0.25, 0.3) is 0 Å². The van der Waals surface area contributed by atoms with E-state index < -0.39 is 0 Å². The summed E-state index contributed by atoms with van der Waals surface area (Å²) in [5.41, 5.74) is 6.72. The molecule has 0 radical (unpaired) electrons. The molecule has 1 heterocycles. The van der Waals surface area contributed by atoms with Gasteiger partial charge < -0.3 is 15.0 Å². The van der Waals surface area contributed by atoms with Gasteiger partial charge in [0.2, 0.25) is 5.89 Å². The van der Waals surface area contributed by atoms with Crippen LogP contribution in [0.1, 0.15) is 30.2 Å². The van der Waals surface area contributed by atoms with Crippen LogP contribution in [0.5, 0.6) is 0 Å². The van der Waals surface area contributed by atoms with Crippen molar-refractivity contribution >= 4 is 0 Å². The molecule has 2 rings (SSSR count). The molecule has 0 spiro atoms. The van der Waals surface area contributed by atoms with Crippen molar-refractivity contribution in [1.29, 1.82) is 0 Å². The summed E-state index contributed by atoms with van der Waals surface area (Å²) in [6.07, 6.45) is 0. The average molecular weight is 233 g/mol. The smallest absolute Gasteiger partial charge is 0.243 e. The van der Waals surface area contributed by atoms with E-state index in [1.54, 1.807) is 6.92 Å². The number of hydrogen-bond donors (Lipinski definition) is 1. The third-order valence-electron chi connectivity index (χ3n) is 2.22. The van der Waals surface area contributed by atoms with Crippen LogP contribution >= 0.6 is 0 Å². The predicted octanol–water partition coefficient (Wildman–Crippen LogP) is 1.81. The Morgan fingerprint density at radius 3 is 2.71 bits per heavy atom. The molecule has 2 aromatic rings. The van der Waals surface area contributed by atoms with E-state index in [1.165, 1.54) is 0 Å². The van der Waals surface area contributed by atoms with E-state index in [4.69, 9.17) is 15.0 Å². The van der Waals surface area contributed by atoms with Gasteiger partial charge in [-0.05, 0) is 12.5 Å². The number of benzene rings is 1. The molecule has 1 aromatic carbocycles. The second kappa shape index (κ2) is 5.56. The molecule has 0 fully saturated rings. The van der Waals surface area contributed by atoms with Gasteiger partial charge in [-0.25, -0.2) is 0 Å². The standard InChI is InChI=1S/C12H15N3O2/c1-9(13)12-14-11(15-17-12)8-16-7-10-5-3-2-4-6-10/h2-6,9H,7-8,13H2,1H3/t9-/m1/s1. The summed E-state index contributed by atoms with van der Waals surface area (Å²) < 4.78 is 10.4. The molecule has 0 saturated heterocycles. The van der Waals surface area contributed by atoms with Gasteiger partial charge in [0.05, 0.1) is 12.6 Å². The zero-order chi connectivity index (χ0) is 12.1. The highest BCUT2D eigenvalue weighted by Crippen LogP contribution is 2.07. The number of hydrogen-bond acceptors (Lipinski definition) is 5. The average Bonchev–Trinajstić information content (AvgIpc) is 2.79. The van der Waals surface area contributed by atoms with Crippen molar-refractivity contribution in [2.75, 3.05) is 0 Å². The quantitative estimate of drug-likeness (QED) is 0.852. The lowest BCUT2D eigenvalue weighted by Gasteiger charge is -2.00. The summed E-state index contributed by atoms with van der Waals surface area (Å²) in [4.78, 5) is 4.11. The molecule has 5 heteroatoms. The number of nitrogens with two attached hydrogens (primary N) is 1. The Balaban J connectivity index is 1.82. The molecule has 0 aliphatic carbocycles. The normalized spacial score (nSPS) is 12.6. The van der Waals surface area contributed by atoms with E-state index in [0.717, 1.165) is 5.56 Å². The maximum atomic E-state index is 5.61. The molecule has 17 heavy (non-hydrogen) atoms. The zero-order valence-corrected chi connectivity index (χ0v) is 9.67. The zero-order valence-electron chi connectivity index (χ0n) is 9.67. The van der Waals surface area contributed by atoms with Gasteiger partial charge in [-0.1, -0.05) is 35.5 Å². The second-order valence-electron chi connectivity index (χ2n) is 3.82. The monoisotopic (exact) mass is 233 g/mol. The minimum atomic E-state index is -0.245. The lowest BCUT2D eigenvalue weighted by atomic mass is 10.2. The highest BCUT2D eigenvalue weighted by molar-refractivity contribution is 5.13. The first-order valence-electron chi connectivity index (χ1n) is 5.45. The lowest BCUT2D eigenvalue weighted by Crippen LogP contribution is -2.05. The molecule has 2 N–H and O–H groups in total. The molecule has 1 atom stereocenters. The summed E-state index contributed by atoms with van der Waals surface area (Å²) >= 11 is 0. The van der Waals surface area contributed by atoms with E-state index in [2.05, 4.69) is 10.1 Å². The third-order valence-corrected chi connectivity index (χ3v) is 2.22. The number of aromatic nitrogens is 2. The maximum absolute atomic E-state index is 5.61. The minimum absolute atomic E-state index is 0.245. The van der Waals surface area contributed by atoms with Crippen molar-refractivity contribution in [3.63, 3.8) is 0 Å². The van der Waals surface area contributed by atoms with Gasteiger partial charge in [-0.3, -0.25) is 0 Å².